The second kappa shape index (κ2) is 5.97. The molecule has 2 heterocycles. The molecule has 0 bridgehead atoms. The molecule has 0 fully saturated rings. The number of nitrogens with zero attached hydrogens (tertiary/aromatic N) is 3. The molecule has 0 saturated carbocycles. The maximum absolute atomic E-state index is 11.6. The molecule has 2 rings (SSSR count). The van der Waals surface area contributed by atoms with E-state index in [0.717, 1.165) is 0 Å². The van der Waals surface area contributed by atoms with Gasteiger partial charge in [0, 0.05) is 6.54 Å². The first-order valence-electron chi connectivity index (χ1n) is 5.76. The molecule has 106 valence electrons. The van der Waals surface area contributed by atoms with Gasteiger partial charge in [0.05, 0.1) is 18.4 Å². The van der Waals surface area contributed by atoms with Crippen LogP contribution in [-0.4, -0.2) is 32.0 Å². The van der Waals surface area contributed by atoms with E-state index in [4.69, 9.17) is 15.3 Å². The molecule has 0 aliphatic heterocycles. The molecule has 0 saturated heterocycles. The second-order valence-electron chi connectivity index (χ2n) is 3.96. The highest BCUT2D eigenvalue weighted by Crippen LogP contribution is 2.07. The molecule has 0 aliphatic carbocycles. The summed E-state index contributed by atoms with van der Waals surface area (Å²) < 4.78 is 6.37. The Morgan fingerprint density at radius 3 is 2.85 bits per heavy atom. The molecule has 2 aromatic heterocycles. The lowest BCUT2D eigenvalue weighted by atomic mass is 10.4. The SMILES string of the molecule is NCc1cn(CC(=O)NCc2ccc(C(=O)O)o2)nn1. The van der Waals surface area contributed by atoms with Crippen molar-refractivity contribution in [1.29, 1.82) is 0 Å². The summed E-state index contributed by atoms with van der Waals surface area (Å²) in [6, 6.07) is 2.82. The quantitative estimate of drug-likeness (QED) is 0.638. The maximum atomic E-state index is 11.6. The summed E-state index contributed by atoms with van der Waals surface area (Å²) in [7, 11) is 0. The lowest BCUT2D eigenvalue weighted by molar-refractivity contribution is -0.122. The van der Waals surface area contributed by atoms with Gasteiger partial charge in [-0.05, 0) is 12.1 Å². The van der Waals surface area contributed by atoms with Crippen LogP contribution in [0.4, 0.5) is 0 Å². The van der Waals surface area contributed by atoms with Gasteiger partial charge in [-0.3, -0.25) is 4.79 Å². The average molecular weight is 279 g/mol. The van der Waals surface area contributed by atoms with Crippen molar-refractivity contribution in [3.8, 4) is 0 Å². The Kier molecular flexibility index (Phi) is 4.11. The normalized spacial score (nSPS) is 10.4. The average Bonchev–Trinajstić information content (AvgIpc) is 3.05. The van der Waals surface area contributed by atoms with Gasteiger partial charge in [0.1, 0.15) is 12.3 Å². The van der Waals surface area contributed by atoms with Gasteiger partial charge in [-0.1, -0.05) is 5.21 Å². The van der Waals surface area contributed by atoms with Crippen LogP contribution in [0.25, 0.3) is 0 Å². The Hall–Kier alpha value is -2.68. The van der Waals surface area contributed by atoms with Crippen molar-refractivity contribution in [2.24, 2.45) is 5.73 Å². The summed E-state index contributed by atoms with van der Waals surface area (Å²) in [5.41, 5.74) is 5.97. The Balaban J connectivity index is 1.83. The highest BCUT2D eigenvalue weighted by atomic mass is 16.4. The van der Waals surface area contributed by atoms with E-state index in [0.29, 0.717) is 11.5 Å². The number of hydrogen-bond donors (Lipinski definition) is 3. The van der Waals surface area contributed by atoms with Gasteiger partial charge >= 0.3 is 5.97 Å². The van der Waals surface area contributed by atoms with Crippen molar-refractivity contribution in [3.63, 3.8) is 0 Å². The highest BCUT2D eigenvalue weighted by Gasteiger charge is 2.10. The standard InChI is InChI=1S/C11H13N5O4/c12-3-7-5-16(15-14-7)6-10(17)13-4-8-1-2-9(20-8)11(18)19/h1-2,5H,3-4,6,12H2,(H,13,17)(H,18,19). The zero-order valence-electron chi connectivity index (χ0n) is 10.4. The number of aromatic carboxylic acids is 1. The molecule has 0 atom stereocenters. The van der Waals surface area contributed by atoms with Crippen molar-refractivity contribution >= 4 is 11.9 Å². The third kappa shape index (κ3) is 3.42. The topological polar surface area (TPSA) is 136 Å². The molecule has 9 heteroatoms. The molecule has 9 nitrogen and oxygen atoms in total. The number of carboxylic acids is 1. The molecular weight excluding hydrogens is 266 g/mol. The largest absolute Gasteiger partial charge is 0.475 e. The van der Waals surface area contributed by atoms with E-state index >= 15 is 0 Å². The number of hydrogen-bond acceptors (Lipinski definition) is 6. The van der Waals surface area contributed by atoms with Gasteiger partial charge in [-0.25, -0.2) is 9.48 Å². The third-order valence-corrected chi connectivity index (χ3v) is 2.43. The first kappa shape index (κ1) is 13.7. The summed E-state index contributed by atoms with van der Waals surface area (Å²) in [4.78, 5) is 22.2. The molecule has 0 unspecified atom stereocenters. The molecule has 1 amide bonds. The van der Waals surface area contributed by atoms with Crippen LogP contribution in [0.1, 0.15) is 22.0 Å². The van der Waals surface area contributed by atoms with E-state index in [2.05, 4.69) is 15.6 Å². The molecule has 4 N–H and O–H groups in total. The van der Waals surface area contributed by atoms with Crippen LogP contribution >= 0.6 is 0 Å². The van der Waals surface area contributed by atoms with E-state index in [-0.39, 0.29) is 31.3 Å². The smallest absolute Gasteiger partial charge is 0.371 e. The Bertz CT molecular complexity index is 618. The van der Waals surface area contributed by atoms with Crippen LogP contribution in [0.5, 0.6) is 0 Å². The van der Waals surface area contributed by atoms with Crippen LogP contribution in [0.2, 0.25) is 0 Å². The number of nitrogens with two attached hydrogens (primary N) is 1. The van der Waals surface area contributed by atoms with Crippen molar-refractivity contribution < 1.29 is 19.1 Å². The van der Waals surface area contributed by atoms with Crippen molar-refractivity contribution in [1.82, 2.24) is 20.3 Å². The monoisotopic (exact) mass is 279 g/mol. The van der Waals surface area contributed by atoms with Crippen LogP contribution in [0.3, 0.4) is 0 Å². The fourth-order valence-corrected chi connectivity index (χ4v) is 1.49. The number of carbonyl (C=O) groups is 2. The van der Waals surface area contributed by atoms with E-state index in [1.165, 1.54) is 16.8 Å². The number of carbonyl (C=O) groups excluding carboxylic acids is 1. The highest BCUT2D eigenvalue weighted by molar-refractivity contribution is 5.84. The van der Waals surface area contributed by atoms with Gasteiger partial charge in [0.15, 0.2) is 0 Å². The summed E-state index contributed by atoms with van der Waals surface area (Å²) in [5.74, 6) is -1.26. The summed E-state index contributed by atoms with van der Waals surface area (Å²) in [6.45, 7) is 0.357. The van der Waals surface area contributed by atoms with Crippen molar-refractivity contribution in [3.05, 3.63) is 35.5 Å². The summed E-state index contributed by atoms with van der Waals surface area (Å²) in [5, 5.41) is 18.8. The van der Waals surface area contributed by atoms with E-state index in [1.807, 2.05) is 0 Å². The number of carboxylic acid groups (broad SMARTS) is 1. The lowest BCUT2D eigenvalue weighted by Gasteiger charge is -2.02. The predicted octanol–water partition coefficient (Wildman–Crippen LogP) is -0.656. The molecule has 2 aromatic rings. The molecule has 20 heavy (non-hydrogen) atoms. The molecular formula is C11H13N5O4. The van der Waals surface area contributed by atoms with Crippen LogP contribution in [0.15, 0.2) is 22.7 Å². The Morgan fingerprint density at radius 2 is 2.25 bits per heavy atom. The number of rotatable bonds is 6. The van der Waals surface area contributed by atoms with Gasteiger partial charge in [0.2, 0.25) is 11.7 Å². The zero-order valence-corrected chi connectivity index (χ0v) is 10.4. The van der Waals surface area contributed by atoms with Crippen molar-refractivity contribution in [2.75, 3.05) is 0 Å². The molecule has 0 spiro atoms. The third-order valence-electron chi connectivity index (χ3n) is 2.43. The maximum Gasteiger partial charge on any atom is 0.371 e. The number of nitrogens with one attached hydrogen (secondary N) is 1. The van der Waals surface area contributed by atoms with E-state index in [9.17, 15) is 9.59 Å². The summed E-state index contributed by atoms with van der Waals surface area (Å²) >= 11 is 0. The molecule has 0 aromatic carbocycles. The second-order valence-corrected chi connectivity index (χ2v) is 3.96. The van der Waals surface area contributed by atoms with Crippen molar-refractivity contribution in [2.45, 2.75) is 19.6 Å². The summed E-state index contributed by atoms with van der Waals surface area (Å²) in [6.07, 6.45) is 1.58. The first-order valence-corrected chi connectivity index (χ1v) is 5.76. The number of amides is 1. The van der Waals surface area contributed by atoms with E-state index in [1.54, 1.807) is 6.20 Å². The van der Waals surface area contributed by atoms with Crippen LogP contribution < -0.4 is 11.1 Å². The fraction of sp³-hybridized carbons (Fsp3) is 0.273. The lowest BCUT2D eigenvalue weighted by Crippen LogP contribution is -2.27. The fourth-order valence-electron chi connectivity index (χ4n) is 1.49. The van der Waals surface area contributed by atoms with E-state index < -0.39 is 5.97 Å². The van der Waals surface area contributed by atoms with Gasteiger partial charge in [-0.2, -0.15) is 0 Å². The minimum atomic E-state index is -1.15. The van der Waals surface area contributed by atoms with Gasteiger partial charge in [0.25, 0.3) is 0 Å². The Labute approximate surface area is 113 Å². The number of aromatic nitrogens is 3. The number of furan rings is 1. The zero-order chi connectivity index (χ0) is 14.5. The van der Waals surface area contributed by atoms with Gasteiger partial charge < -0.3 is 20.6 Å². The molecule has 0 aliphatic rings. The Morgan fingerprint density at radius 1 is 1.45 bits per heavy atom. The predicted molar refractivity (Wildman–Crippen MR) is 65.4 cm³/mol. The first-order chi connectivity index (χ1) is 9.58. The minimum absolute atomic E-state index is 0.000500. The van der Waals surface area contributed by atoms with Crippen LogP contribution in [-0.2, 0) is 24.4 Å². The van der Waals surface area contributed by atoms with Crippen LogP contribution in [0, 0.1) is 0 Å². The van der Waals surface area contributed by atoms with Gasteiger partial charge in [-0.15, -0.1) is 5.10 Å². The molecule has 0 radical (unpaired) electrons. The minimum Gasteiger partial charge on any atom is -0.475 e.